The number of nitrogens with one attached hydrogen (secondary N) is 1. The standard InChI is InChI=1S/C22H30N4O.HI/c1-2-26-14-6-9-20(26)16-25-22(23)24-15-18-10-12-21(13-11-18)27-17-19-7-4-3-5-8-19;/h3-5,7-8,10-13,20H,2,6,9,14-17H2,1H3,(H3,23,24,25);1H. The van der Waals surface area contributed by atoms with Crippen LogP contribution >= 0.6 is 24.0 Å². The van der Waals surface area contributed by atoms with Gasteiger partial charge >= 0.3 is 0 Å². The van der Waals surface area contributed by atoms with Crippen molar-refractivity contribution in [1.29, 1.82) is 0 Å². The van der Waals surface area contributed by atoms with E-state index in [1.165, 1.54) is 19.4 Å². The fourth-order valence-electron chi connectivity index (χ4n) is 3.43. The first-order chi connectivity index (χ1) is 13.2. The number of hydrogen-bond donors (Lipinski definition) is 2. The van der Waals surface area contributed by atoms with Crippen LogP contribution in [0.25, 0.3) is 0 Å². The molecule has 3 N–H and O–H groups in total. The fraction of sp³-hybridized carbons (Fsp3) is 0.409. The number of likely N-dealkylation sites (N-methyl/N-ethyl adjacent to an activating group) is 1. The molecule has 2 aromatic rings. The average Bonchev–Trinajstić information content (AvgIpc) is 3.18. The van der Waals surface area contributed by atoms with Gasteiger partial charge in [-0.25, -0.2) is 4.99 Å². The second-order valence-electron chi connectivity index (χ2n) is 6.93. The lowest BCUT2D eigenvalue weighted by Crippen LogP contribution is -2.42. The van der Waals surface area contributed by atoms with Crippen LogP contribution in [0.2, 0.25) is 0 Å². The zero-order valence-electron chi connectivity index (χ0n) is 16.5. The van der Waals surface area contributed by atoms with E-state index in [1.54, 1.807) is 0 Å². The molecule has 0 amide bonds. The molecule has 2 aromatic carbocycles. The molecule has 1 saturated heterocycles. The summed E-state index contributed by atoms with van der Waals surface area (Å²) in [6.07, 6.45) is 2.51. The summed E-state index contributed by atoms with van der Waals surface area (Å²) in [6.45, 7) is 6.52. The normalized spacial score (nSPS) is 17.2. The van der Waals surface area contributed by atoms with Gasteiger partial charge in [-0.15, -0.1) is 24.0 Å². The average molecular weight is 494 g/mol. The number of nitrogens with zero attached hydrogens (tertiary/aromatic N) is 2. The van der Waals surface area contributed by atoms with Crippen LogP contribution in [0, 0.1) is 0 Å². The Kier molecular flexibility index (Phi) is 9.57. The van der Waals surface area contributed by atoms with E-state index in [4.69, 9.17) is 10.5 Å². The molecule has 0 spiro atoms. The monoisotopic (exact) mass is 494 g/mol. The van der Waals surface area contributed by atoms with Crippen molar-refractivity contribution >= 4 is 29.9 Å². The van der Waals surface area contributed by atoms with Crippen molar-refractivity contribution < 1.29 is 4.74 Å². The van der Waals surface area contributed by atoms with E-state index in [0.717, 1.165) is 30.0 Å². The summed E-state index contributed by atoms with van der Waals surface area (Å²) in [6, 6.07) is 18.8. The summed E-state index contributed by atoms with van der Waals surface area (Å²) in [7, 11) is 0. The van der Waals surface area contributed by atoms with Crippen molar-refractivity contribution in [2.24, 2.45) is 10.7 Å². The summed E-state index contributed by atoms with van der Waals surface area (Å²) >= 11 is 0. The Balaban J connectivity index is 0.00000280. The number of aliphatic imine (C=N–C) groups is 1. The largest absolute Gasteiger partial charge is 0.489 e. The van der Waals surface area contributed by atoms with Crippen molar-refractivity contribution in [3.63, 3.8) is 0 Å². The van der Waals surface area contributed by atoms with Crippen LogP contribution in [0.4, 0.5) is 0 Å². The van der Waals surface area contributed by atoms with Crippen molar-refractivity contribution in [2.75, 3.05) is 19.6 Å². The molecule has 1 aliphatic heterocycles. The predicted molar refractivity (Wildman–Crippen MR) is 126 cm³/mol. The molecule has 5 nitrogen and oxygen atoms in total. The number of ether oxygens (including phenoxy) is 1. The van der Waals surface area contributed by atoms with Crippen LogP contribution in [0.5, 0.6) is 5.75 Å². The van der Waals surface area contributed by atoms with Gasteiger partial charge < -0.3 is 15.8 Å². The Labute approximate surface area is 185 Å². The Morgan fingerprint density at radius 3 is 2.61 bits per heavy atom. The number of rotatable bonds is 8. The van der Waals surface area contributed by atoms with Gasteiger partial charge in [0.15, 0.2) is 5.96 Å². The Morgan fingerprint density at radius 1 is 1.14 bits per heavy atom. The van der Waals surface area contributed by atoms with Gasteiger partial charge in [0, 0.05) is 12.6 Å². The summed E-state index contributed by atoms with van der Waals surface area (Å²) in [4.78, 5) is 6.95. The lowest BCUT2D eigenvalue weighted by molar-refractivity contribution is 0.267. The van der Waals surface area contributed by atoms with Gasteiger partial charge in [0.25, 0.3) is 0 Å². The highest BCUT2D eigenvalue weighted by Crippen LogP contribution is 2.16. The van der Waals surface area contributed by atoms with Crippen LogP contribution < -0.4 is 15.8 Å². The van der Waals surface area contributed by atoms with Gasteiger partial charge in [-0.2, -0.15) is 0 Å². The molecule has 0 saturated carbocycles. The van der Waals surface area contributed by atoms with E-state index >= 15 is 0 Å². The molecule has 28 heavy (non-hydrogen) atoms. The second kappa shape index (κ2) is 11.9. The molecule has 0 aliphatic carbocycles. The quantitative estimate of drug-likeness (QED) is 0.333. The molecule has 1 atom stereocenters. The van der Waals surface area contributed by atoms with Crippen molar-refractivity contribution in [3.8, 4) is 5.75 Å². The topological polar surface area (TPSA) is 62.9 Å². The molecule has 1 aliphatic rings. The highest BCUT2D eigenvalue weighted by Gasteiger charge is 2.22. The molecular weight excluding hydrogens is 463 g/mol. The fourth-order valence-corrected chi connectivity index (χ4v) is 3.43. The zero-order valence-corrected chi connectivity index (χ0v) is 18.8. The first-order valence-corrected chi connectivity index (χ1v) is 9.78. The molecule has 0 aromatic heterocycles. The number of hydrogen-bond acceptors (Lipinski definition) is 3. The lowest BCUT2D eigenvalue weighted by atomic mass is 10.2. The lowest BCUT2D eigenvalue weighted by Gasteiger charge is -2.23. The van der Waals surface area contributed by atoms with Gasteiger partial charge in [-0.05, 0) is 49.2 Å². The third-order valence-corrected chi connectivity index (χ3v) is 5.03. The highest BCUT2D eigenvalue weighted by atomic mass is 127. The molecule has 0 bridgehead atoms. The molecule has 3 rings (SSSR count). The van der Waals surface area contributed by atoms with Crippen LogP contribution in [0.1, 0.15) is 30.9 Å². The first kappa shape index (κ1) is 22.5. The minimum Gasteiger partial charge on any atom is -0.489 e. The van der Waals surface area contributed by atoms with Crippen LogP contribution in [0.3, 0.4) is 0 Å². The van der Waals surface area contributed by atoms with Gasteiger partial charge in [0.1, 0.15) is 12.4 Å². The van der Waals surface area contributed by atoms with E-state index in [1.807, 2.05) is 42.5 Å². The van der Waals surface area contributed by atoms with Crippen molar-refractivity contribution in [1.82, 2.24) is 10.2 Å². The summed E-state index contributed by atoms with van der Waals surface area (Å²) in [5, 5.41) is 3.27. The van der Waals surface area contributed by atoms with Crippen LogP contribution in [0.15, 0.2) is 59.6 Å². The highest BCUT2D eigenvalue weighted by molar-refractivity contribution is 14.0. The number of benzene rings is 2. The van der Waals surface area contributed by atoms with Gasteiger partial charge in [-0.1, -0.05) is 49.4 Å². The van der Waals surface area contributed by atoms with Crippen molar-refractivity contribution in [2.45, 2.75) is 39.0 Å². The molecule has 1 fully saturated rings. The summed E-state index contributed by atoms with van der Waals surface area (Å²) in [5.41, 5.74) is 8.30. The number of halogens is 1. The van der Waals surface area contributed by atoms with Gasteiger partial charge in [-0.3, -0.25) is 4.90 Å². The molecular formula is C22H31IN4O. The van der Waals surface area contributed by atoms with Gasteiger partial charge in [0.05, 0.1) is 6.54 Å². The Hall–Kier alpha value is -1.80. The van der Waals surface area contributed by atoms with Crippen LogP contribution in [-0.2, 0) is 13.2 Å². The predicted octanol–water partition coefficient (Wildman–Crippen LogP) is 3.77. The smallest absolute Gasteiger partial charge is 0.188 e. The second-order valence-corrected chi connectivity index (χ2v) is 6.93. The van der Waals surface area contributed by atoms with E-state index < -0.39 is 0 Å². The number of nitrogens with two attached hydrogens (primary N) is 1. The molecule has 1 heterocycles. The minimum atomic E-state index is 0. The van der Waals surface area contributed by atoms with Crippen molar-refractivity contribution in [3.05, 3.63) is 65.7 Å². The zero-order chi connectivity index (χ0) is 18.9. The van der Waals surface area contributed by atoms with E-state index in [-0.39, 0.29) is 24.0 Å². The van der Waals surface area contributed by atoms with Crippen LogP contribution in [-0.4, -0.2) is 36.5 Å². The Morgan fingerprint density at radius 2 is 1.89 bits per heavy atom. The van der Waals surface area contributed by atoms with E-state index in [0.29, 0.717) is 25.2 Å². The summed E-state index contributed by atoms with van der Waals surface area (Å²) in [5.74, 6) is 1.38. The maximum Gasteiger partial charge on any atom is 0.188 e. The Bertz CT molecular complexity index is 721. The maximum atomic E-state index is 6.02. The van der Waals surface area contributed by atoms with E-state index in [2.05, 4.69) is 34.3 Å². The number of likely N-dealkylation sites (tertiary alicyclic amines) is 1. The molecule has 152 valence electrons. The van der Waals surface area contributed by atoms with Gasteiger partial charge in [0.2, 0.25) is 0 Å². The maximum absolute atomic E-state index is 6.02. The molecule has 1 unspecified atom stereocenters. The molecule has 0 radical (unpaired) electrons. The summed E-state index contributed by atoms with van der Waals surface area (Å²) < 4.78 is 5.81. The third kappa shape index (κ3) is 6.98. The van der Waals surface area contributed by atoms with E-state index in [9.17, 15) is 0 Å². The molecule has 6 heteroatoms. The first-order valence-electron chi connectivity index (χ1n) is 9.78. The minimum absolute atomic E-state index is 0. The third-order valence-electron chi connectivity index (χ3n) is 5.03. The SMILES string of the molecule is CCN1CCCC1CNC(N)=NCc1ccc(OCc2ccccc2)cc1.I. The number of guanidine groups is 1.